The Morgan fingerprint density at radius 3 is 2.15 bits per heavy atom. The molecule has 34 heavy (non-hydrogen) atoms. The first-order valence-corrected chi connectivity index (χ1v) is 12.0. The maximum absolute atomic E-state index is 13.1. The number of hydrogen-bond donors (Lipinski definition) is 2. The predicted octanol–water partition coefficient (Wildman–Crippen LogP) is 4.65. The van der Waals surface area contributed by atoms with Crippen molar-refractivity contribution in [3.05, 3.63) is 59.7 Å². The number of ether oxygens (including phenoxy) is 1. The van der Waals surface area contributed by atoms with E-state index in [2.05, 4.69) is 29.6 Å². The van der Waals surface area contributed by atoms with Crippen LogP contribution in [0.1, 0.15) is 57.1 Å². The third kappa shape index (κ3) is 5.76. The molecule has 182 valence electrons. The normalized spacial score (nSPS) is 14.0. The van der Waals surface area contributed by atoms with Crippen LogP contribution < -0.4 is 5.32 Å². The number of hydrogen-bond acceptors (Lipinski definition) is 4. The number of unbranched alkanes of at least 4 members (excludes halogenated alkanes) is 1. The van der Waals surface area contributed by atoms with Gasteiger partial charge < -0.3 is 20.1 Å². The number of carboxylic acids is 1. The quantitative estimate of drug-likeness (QED) is 0.502. The Morgan fingerprint density at radius 2 is 1.62 bits per heavy atom. The fourth-order valence-corrected chi connectivity index (χ4v) is 4.45. The van der Waals surface area contributed by atoms with Crippen LogP contribution in [0, 0.1) is 5.92 Å². The SMILES string of the molecule is CCCCC(NC(=O)OCC1c2ccccc2-c2ccccc21)C(=O)N(CC)CC(C)C(=O)O. The van der Waals surface area contributed by atoms with Crippen LogP contribution in [-0.2, 0) is 14.3 Å². The first-order chi connectivity index (χ1) is 16.4. The number of fused-ring (bicyclic) bond motifs is 3. The second kappa shape index (κ2) is 11.7. The van der Waals surface area contributed by atoms with E-state index >= 15 is 0 Å². The summed E-state index contributed by atoms with van der Waals surface area (Å²) in [4.78, 5) is 38.6. The number of carbonyl (C=O) groups is 3. The smallest absolute Gasteiger partial charge is 0.407 e. The number of likely N-dealkylation sites (N-methyl/N-ethyl adjacent to an activating group) is 1. The van der Waals surface area contributed by atoms with Gasteiger partial charge in [0.05, 0.1) is 5.92 Å². The maximum atomic E-state index is 13.1. The Bertz CT molecular complexity index is 976. The van der Waals surface area contributed by atoms with Crippen LogP contribution in [-0.4, -0.2) is 53.7 Å². The topological polar surface area (TPSA) is 95.9 Å². The van der Waals surface area contributed by atoms with Gasteiger partial charge in [0.2, 0.25) is 5.91 Å². The van der Waals surface area contributed by atoms with Crippen molar-refractivity contribution in [1.29, 1.82) is 0 Å². The highest BCUT2D eigenvalue weighted by Crippen LogP contribution is 2.44. The molecule has 2 N–H and O–H groups in total. The number of amides is 2. The molecule has 7 nitrogen and oxygen atoms in total. The Balaban J connectivity index is 1.67. The Morgan fingerprint density at radius 1 is 1.03 bits per heavy atom. The van der Waals surface area contributed by atoms with Gasteiger partial charge in [-0.1, -0.05) is 75.2 Å². The summed E-state index contributed by atoms with van der Waals surface area (Å²) in [7, 11) is 0. The number of aliphatic carboxylic acids is 1. The van der Waals surface area contributed by atoms with E-state index < -0.39 is 24.0 Å². The van der Waals surface area contributed by atoms with Gasteiger partial charge in [-0.05, 0) is 35.6 Å². The van der Waals surface area contributed by atoms with Gasteiger partial charge in [0, 0.05) is 19.0 Å². The lowest BCUT2D eigenvalue weighted by atomic mass is 9.98. The summed E-state index contributed by atoms with van der Waals surface area (Å²) in [5.41, 5.74) is 4.54. The van der Waals surface area contributed by atoms with Gasteiger partial charge in [0.1, 0.15) is 12.6 Å². The number of alkyl carbamates (subject to hydrolysis) is 1. The number of benzene rings is 2. The molecule has 3 rings (SSSR count). The lowest BCUT2D eigenvalue weighted by molar-refractivity contribution is -0.143. The van der Waals surface area contributed by atoms with Crippen LogP contribution in [0.4, 0.5) is 4.79 Å². The molecule has 2 atom stereocenters. The van der Waals surface area contributed by atoms with E-state index in [1.54, 1.807) is 13.8 Å². The highest BCUT2D eigenvalue weighted by atomic mass is 16.5. The average molecular weight is 467 g/mol. The van der Waals surface area contributed by atoms with Gasteiger partial charge >= 0.3 is 12.1 Å². The molecule has 0 bridgehead atoms. The average Bonchev–Trinajstić information content (AvgIpc) is 3.16. The number of carbonyl (C=O) groups excluding carboxylic acids is 2. The summed E-state index contributed by atoms with van der Waals surface area (Å²) in [5.74, 6) is -1.99. The molecule has 0 aromatic heterocycles. The van der Waals surface area contributed by atoms with Crippen molar-refractivity contribution >= 4 is 18.0 Å². The van der Waals surface area contributed by atoms with Gasteiger partial charge in [0.15, 0.2) is 0 Å². The number of rotatable bonds is 11. The molecular weight excluding hydrogens is 432 g/mol. The molecule has 0 heterocycles. The summed E-state index contributed by atoms with van der Waals surface area (Å²) in [6.45, 7) is 6.01. The molecule has 2 aromatic rings. The molecule has 0 spiro atoms. The second-order valence-corrected chi connectivity index (χ2v) is 8.78. The van der Waals surface area contributed by atoms with Gasteiger partial charge in [-0.15, -0.1) is 0 Å². The van der Waals surface area contributed by atoms with E-state index in [-0.39, 0.29) is 25.0 Å². The van der Waals surface area contributed by atoms with Gasteiger partial charge in [-0.25, -0.2) is 4.79 Å². The van der Waals surface area contributed by atoms with Crippen LogP contribution >= 0.6 is 0 Å². The Kier molecular flexibility index (Phi) is 8.68. The monoisotopic (exact) mass is 466 g/mol. The lowest BCUT2D eigenvalue weighted by Gasteiger charge is -2.28. The van der Waals surface area contributed by atoms with Crippen molar-refractivity contribution in [2.45, 2.75) is 52.0 Å². The van der Waals surface area contributed by atoms with E-state index in [4.69, 9.17) is 4.74 Å². The summed E-state index contributed by atoms with van der Waals surface area (Å²) >= 11 is 0. The highest BCUT2D eigenvalue weighted by molar-refractivity contribution is 5.86. The molecule has 0 saturated heterocycles. The molecule has 2 amide bonds. The summed E-state index contributed by atoms with van der Waals surface area (Å²) in [5, 5.41) is 12.0. The molecule has 2 unspecified atom stereocenters. The largest absolute Gasteiger partial charge is 0.481 e. The Labute approximate surface area is 201 Å². The standard InChI is InChI=1S/C27H34N2O5/c1-4-6-15-24(25(30)29(5-2)16-18(3)26(31)32)28-27(33)34-17-23-21-13-9-7-11-19(21)20-12-8-10-14-22(20)23/h7-14,18,23-24H,4-6,15-17H2,1-3H3,(H,28,33)(H,31,32). The van der Waals surface area contributed by atoms with Crippen LogP contribution in [0.2, 0.25) is 0 Å². The molecule has 1 aliphatic carbocycles. The van der Waals surface area contributed by atoms with Crippen molar-refractivity contribution in [3.63, 3.8) is 0 Å². The van der Waals surface area contributed by atoms with Crippen molar-refractivity contribution in [1.82, 2.24) is 10.2 Å². The number of nitrogens with zero attached hydrogens (tertiary/aromatic N) is 1. The van der Waals surface area contributed by atoms with Crippen LogP contribution in [0.15, 0.2) is 48.5 Å². The zero-order valence-electron chi connectivity index (χ0n) is 20.1. The van der Waals surface area contributed by atoms with Crippen LogP contribution in [0.25, 0.3) is 11.1 Å². The van der Waals surface area contributed by atoms with E-state index in [0.29, 0.717) is 13.0 Å². The zero-order chi connectivity index (χ0) is 24.7. The van der Waals surface area contributed by atoms with Gasteiger partial charge in [-0.3, -0.25) is 9.59 Å². The van der Waals surface area contributed by atoms with E-state index in [0.717, 1.165) is 35.1 Å². The third-order valence-electron chi connectivity index (χ3n) is 6.39. The highest BCUT2D eigenvalue weighted by Gasteiger charge is 2.31. The van der Waals surface area contributed by atoms with E-state index in [9.17, 15) is 19.5 Å². The molecule has 0 aliphatic heterocycles. The van der Waals surface area contributed by atoms with Gasteiger partial charge in [-0.2, -0.15) is 0 Å². The molecule has 7 heteroatoms. The fourth-order valence-electron chi connectivity index (χ4n) is 4.45. The summed E-state index contributed by atoms with van der Waals surface area (Å²) in [6.07, 6.45) is 1.45. The molecule has 1 aliphatic rings. The van der Waals surface area contributed by atoms with E-state index in [1.165, 1.54) is 4.90 Å². The van der Waals surface area contributed by atoms with Crippen molar-refractivity contribution in [2.24, 2.45) is 5.92 Å². The predicted molar refractivity (Wildman–Crippen MR) is 131 cm³/mol. The van der Waals surface area contributed by atoms with Gasteiger partial charge in [0.25, 0.3) is 0 Å². The second-order valence-electron chi connectivity index (χ2n) is 8.78. The minimum atomic E-state index is -0.958. The summed E-state index contributed by atoms with van der Waals surface area (Å²) < 4.78 is 5.62. The first-order valence-electron chi connectivity index (χ1n) is 12.0. The maximum Gasteiger partial charge on any atom is 0.407 e. The Hall–Kier alpha value is -3.35. The van der Waals surface area contributed by atoms with Crippen molar-refractivity contribution in [2.75, 3.05) is 19.7 Å². The minimum absolute atomic E-state index is 0.0634. The third-order valence-corrected chi connectivity index (χ3v) is 6.39. The summed E-state index contributed by atoms with van der Waals surface area (Å²) in [6, 6.07) is 15.5. The fraction of sp³-hybridized carbons (Fsp3) is 0.444. The minimum Gasteiger partial charge on any atom is -0.481 e. The molecule has 2 aromatic carbocycles. The van der Waals surface area contributed by atoms with Crippen LogP contribution in [0.5, 0.6) is 0 Å². The first kappa shape index (κ1) is 25.3. The number of nitrogens with one attached hydrogen (secondary N) is 1. The van der Waals surface area contributed by atoms with E-state index in [1.807, 2.05) is 31.2 Å². The molecular formula is C27H34N2O5. The molecule has 0 saturated carbocycles. The van der Waals surface area contributed by atoms with Crippen LogP contribution in [0.3, 0.4) is 0 Å². The lowest BCUT2D eigenvalue weighted by Crippen LogP contribution is -2.50. The van der Waals surface area contributed by atoms with Crippen molar-refractivity contribution < 1.29 is 24.2 Å². The zero-order valence-corrected chi connectivity index (χ0v) is 20.1. The van der Waals surface area contributed by atoms with Crippen molar-refractivity contribution in [3.8, 4) is 11.1 Å². The molecule has 0 fully saturated rings. The number of carboxylic acid groups (broad SMARTS) is 1. The molecule has 0 radical (unpaired) electrons.